The van der Waals surface area contributed by atoms with E-state index in [9.17, 15) is 0 Å². The lowest BCUT2D eigenvalue weighted by molar-refractivity contribution is 0.259. The Labute approximate surface area is 137 Å². The molecular formula is C20H24N2O. The Morgan fingerprint density at radius 2 is 1.70 bits per heavy atom. The van der Waals surface area contributed by atoms with Crippen molar-refractivity contribution >= 4 is 10.9 Å². The zero-order valence-corrected chi connectivity index (χ0v) is 13.9. The number of rotatable bonds is 7. The largest absolute Gasteiger partial charge is 0.492 e. The number of benzene rings is 2. The molecule has 0 saturated carbocycles. The van der Waals surface area contributed by atoms with Gasteiger partial charge in [-0.3, -0.25) is 0 Å². The first-order chi connectivity index (χ1) is 11.2. The highest BCUT2D eigenvalue weighted by atomic mass is 16.5. The fourth-order valence-electron chi connectivity index (χ4n) is 2.83. The molecule has 0 amide bonds. The van der Waals surface area contributed by atoms with Crippen molar-refractivity contribution in [2.24, 2.45) is 0 Å². The maximum atomic E-state index is 5.96. The Balaban J connectivity index is 1.69. The molecule has 0 spiro atoms. The Bertz CT molecular complexity index is 761. The minimum atomic E-state index is 0.720. The summed E-state index contributed by atoms with van der Waals surface area (Å²) in [7, 11) is 4.12. The van der Waals surface area contributed by atoms with Crippen LogP contribution in [0.2, 0.25) is 0 Å². The molecule has 3 rings (SSSR count). The quantitative estimate of drug-likeness (QED) is 0.717. The Morgan fingerprint density at radius 1 is 0.913 bits per heavy atom. The maximum absolute atomic E-state index is 5.96. The summed E-state index contributed by atoms with van der Waals surface area (Å²) in [5.74, 6) is 1.01. The molecule has 1 N–H and O–H groups in total. The summed E-state index contributed by atoms with van der Waals surface area (Å²) in [5.41, 5.74) is 3.86. The highest BCUT2D eigenvalue weighted by Crippen LogP contribution is 2.23. The second-order valence-electron chi connectivity index (χ2n) is 6.12. The second kappa shape index (κ2) is 7.34. The predicted octanol–water partition coefficient (Wildman–Crippen LogP) is 3.89. The normalized spacial score (nSPS) is 11.3. The highest BCUT2D eigenvalue weighted by Gasteiger charge is 2.06. The molecule has 0 atom stereocenters. The van der Waals surface area contributed by atoms with Crippen LogP contribution in [0.5, 0.6) is 5.75 Å². The van der Waals surface area contributed by atoms with Crippen molar-refractivity contribution in [3.05, 3.63) is 65.9 Å². The van der Waals surface area contributed by atoms with Crippen LogP contribution < -0.4 is 4.74 Å². The number of aromatic nitrogens is 1. The molecule has 1 heterocycles. The van der Waals surface area contributed by atoms with Crippen molar-refractivity contribution in [3.63, 3.8) is 0 Å². The van der Waals surface area contributed by atoms with Gasteiger partial charge in [-0.2, -0.15) is 0 Å². The minimum Gasteiger partial charge on any atom is -0.492 e. The standard InChI is InChI=1S/C20H24N2O/c1-22(2)14-15-23-20-9-4-3-6-17(20)11-10-16-7-5-8-19-18(16)12-13-21-19/h3-9,12-13,21H,10-11,14-15H2,1-2H3. The van der Waals surface area contributed by atoms with E-state index in [-0.39, 0.29) is 0 Å². The average Bonchev–Trinajstić information content (AvgIpc) is 3.03. The van der Waals surface area contributed by atoms with Crippen LogP contribution >= 0.6 is 0 Å². The molecule has 0 fully saturated rings. The number of likely N-dealkylation sites (N-methyl/N-ethyl adjacent to an activating group) is 1. The first-order valence-corrected chi connectivity index (χ1v) is 8.14. The zero-order valence-electron chi connectivity index (χ0n) is 13.9. The number of aryl methyl sites for hydroxylation is 2. The van der Waals surface area contributed by atoms with Crippen LogP contribution in [0, 0.1) is 0 Å². The molecule has 1 aromatic heterocycles. The summed E-state index contributed by atoms with van der Waals surface area (Å²) in [5, 5.41) is 1.32. The van der Waals surface area contributed by atoms with E-state index in [1.807, 2.05) is 12.3 Å². The minimum absolute atomic E-state index is 0.720. The van der Waals surface area contributed by atoms with Crippen molar-refractivity contribution < 1.29 is 4.74 Å². The van der Waals surface area contributed by atoms with Crippen LogP contribution in [0.4, 0.5) is 0 Å². The maximum Gasteiger partial charge on any atom is 0.122 e. The SMILES string of the molecule is CN(C)CCOc1ccccc1CCc1cccc2[nH]ccc12. The van der Waals surface area contributed by atoms with Gasteiger partial charge in [-0.15, -0.1) is 0 Å². The van der Waals surface area contributed by atoms with E-state index in [1.165, 1.54) is 22.0 Å². The lowest BCUT2D eigenvalue weighted by atomic mass is 10.0. The van der Waals surface area contributed by atoms with Gasteiger partial charge in [0.1, 0.15) is 12.4 Å². The molecule has 3 nitrogen and oxygen atoms in total. The van der Waals surface area contributed by atoms with Crippen LogP contribution in [-0.4, -0.2) is 37.1 Å². The summed E-state index contributed by atoms with van der Waals surface area (Å²) >= 11 is 0. The van der Waals surface area contributed by atoms with Crippen LogP contribution in [0.1, 0.15) is 11.1 Å². The summed E-state index contributed by atoms with van der Waals surface area (Å²) in [6, 6.07) is 17.0. The Hall–Kier alpha value is -2.26. The third kappa shape index (κ3) is 3.93. The van der Waals surface area contributed by atoms with Gasteiger partial charge in [0.25, 0.3) is 0 Å². The van der Waals surface area contributed by atoms with Gasteiger partial charge in [0.15, 0.2) is 0 Å². The van der Waals surface area contributed by atoms with Crippen molar-refractivity contribution in [1.82, 2.24) is 9.88 Å². The van der Waals surface area contributed by atoms with Crippen LogP contribution in [0.25, 0.3) is 10.9 Å². The van der Waals surface area contributed by atoms with Gasteiger partial charge < -0.3 is 14.6 Å². The molecule has 2 aromatic carbocycles. The topological polar surface area (TPSA) is 28.3 Å². The van der Waals surface area contributed by atoms with Gasteiger partial charge in [0.2, 0.25) is 0 Å². The number of nitrogens with zero attached hydrogens (tertiary/aromatic N) is 1. The van der Waals surface area contributed by atoms with E-state index in [2.05, 4.69) is 66.4 Å². The zero-order chi connectivity index (χ0) is 16.1. The molecule has 120 valence electrons. The third-order valence-corrected chi connectivity index (χ3v) is 4.12. The molecule has 0 saturated heterocycles. The van der Waals surface area contributed by atoms with Gasteiger partial charge in [0, 0.05) is 23.6 Å². The van der Waals surface area contributed by atoms with E-state index < -0.39 is 0 Å². The number of fused-ring (bicyclic) bond motifs is 1. The number of H-pyrrole nitrogens is 1. The molecule has 0 bridgehead atoms. The van der Waals surface area contributed by atoms with Crippen LogP contribution in [0.15, 0.2) is 54.7 Å². The molecule has 0 radical (unpaired) electrons. The molecule has 0 aliphatic heterocycles. The van der Waals surface area contributed by atoms with Gasteiger partial charge in [-0.25, -0.2) is 0 Å². The summed E-state index contributed by atoms with van der Waals surface area (Å²) < 4.78 is 5.96. The summed E-state index contributed by atoms with van der Waals surface area (Å²) in [4.78, 5) is 5.41. The van der Waals surface area contributed by atoms with Crippen molar-refractivity contribution in [2.75, 3.05) is 27.2 Å². The van der Waals surface area contributed by atoms with E-state index in [0.29, 0.717) is 0 Å². The lowest BCUT2D eigenvalue weighted by Gasteiger charge is -2.14. The third-order valence-electron chi connectivity index (χ3n) is 4.12. The lowest BCUT2D eigenvalue weighted by Crippen LogP contribution is -2.19. The fraction of sp³-hybridized carbons (Fsp3) is 0.300. The predicted molar refractivity (Wildman–Crippen MR) is 96.2 cm³/mol. The monoisotopic (exact) mass is 308 g/mol. The summed E-state index contributed by atoms with van der Waals surface area (Å²) in [6.07, 6.45) is 4.01. The summed E-state index contributed by atoms with van der Waals surface area (Å²) in [6.45, 7) is 1.65. The number of ether oxygens (including phenoxy) is 1. The molecular weight excluding hydrogens is 284 g/mol. The molecule has 23 heavy (non-hydrogen) atoms. The first-order valence-electron chi connectivity index (χ1n) is 8.14. The van der Waals surface area contributed by atoms with Gasteiger partial charge in [0.05, 0.1) is 0 Å². The van der Waals surface area contributed by atoms with E-state index >= 15 is 0 Å². The highest BCUT2D eigenvalue weighted by molar-refractivity contribution is 5.82. The Morgan fingerprint density at radius 3 is 2.57 bits per heavy atom. The Kier molecular flexibility index (Phi) is 4.99. The van der Waals surface area contributed by atoms with Crippen molar-refractivity contribution in [1.29, 1.82) is 0 Å². The molecule has 0 aliphatic carbocycles. The smallest absolute Gasteiger partial charge is 0.122 e. The van der Waals surface area contributed by atoms with Gasteiger partial charge in [-0.05, 0) is 56.3 Å². The number of hydrogen-bond donors (Lipinski definition) is 1. The number of aromatic amines is 1. The molecule has 3 aromatic rings. The van der Waals surface area contributed by atoms with Crippen LogP contribution in [0.3, 0.4) is 0 Å². The molecule has 3 heteroatoms. The van der Waals surface area contributed by atoms with Gasteiger partial charge in [-0.1, -0.05) is 30.3 Å². The molecule has 0 aliphatic rings. The van der Waals surface area contributed by atoms with E-state index in [0.717, 1.165) is 31.7 Å². The number of hydrogen-bond acceptors (Lipinski definition) is 2. The molecule has 0 unspecified atom stereocenters. The fourth-order valence-corrected chi connectivity index (χ4v) is 2.83. The number of para-hydroxylation sites is 1. The van der Waals surface area contributed by atoms with Crippen molar-refractivity contribution in [3.8, 4) is 5.75 Å². The van der Waals surface area contributed by atoms with Crippen molar-refractivity contribution in [2.45, 2.75) is 12.8 Å². The van der Waals surface area contributed by atoms with Gasteiger partial charge >= 0.3 is 0 Å². The second-order valence-corrected chi connectivity index (χ2v) is 6.12. The first kappa shape index (κ1) is 15.6. The average molecular weight is 308 g/mol. The van der Waals surface area contributed by atoms with E-state index in [1.54, 1.807) is 0 Å². The van der Waals surface area contributed by atoms with E-state index in [4.69, 9.17) is 4.74 Å². The van der Waals surface area contributed by atoms with Crippen LogP contribution in [-0.2, 0) is 12.8 Å². The number of nitrogens with one attached hydrogen (secondary N) is 1.